The van der Waals surface area contributed by atoms with Crippen LogP contribution in [0, 0.1) is 5.92 Å². The summed E-state index contributed by atoms with van der Waals surface area (Å²) < 4.78 is 2.16. The summed E-state index contributed by atoms with van der Waals surface area (Å²) in [6.45, 7) is 7.40. The van der Waals surface area contributed by atoms with Gasteiger partial charge in [0.1, 0.15) is 5.82 Å². The zero-order chi connectivity index (χ0) is 15.5. The smallest absolute Gasteiger partial charge is 0.317 e. The van der Waals surface area contributed by atoms with Crippen molar-refractivity contribution >= 4 is 17.1 Å². The highest BCUT2D eigenvalue weighted by Gasteiger charge is 2.20. The number of imidazole rings is 1. The third-order valence-electron chi connectivity index (χ3n) is 4.52. The Kier molecular flexibility index (Phi) is 4.32. The van der Waals surface area contributed by atoms with Crippen molar-refractivity contribution in [3.8, 4) is 0 Å². The molecule has 5 nitrogen and oxygen atoms in total. The number of hydrogen-bond donors (Lipinski definition) is 1. The molecule has 22 heavy (non-hydrogen) atoms. The van der Waals surface area contributed by atoms with Gasteiger partial charge in [-0.3, -0.25) is 0 Å². The van der Waals surface area contributed by atoms with Crippen LogP contribution < -0.4 is 5.32 Å². The summed E-state index contributed by atoms with van der Waals surface area (Å²) in [5, 5.41) is 3.02. The van der Waals surface area contributed by atoms with Crippen molar-refractivity contribution < 1.29 is 4.79 Å². The number of carbonyl (C=O) groups is 1. The Morgan fingerprint density at radius 1 is 1.32 bits per heavy atom. The number of aryl methyl sites for hydroxylation is 1. The lowest BCUT2D eigenvalue weighted by Crippen LogP contribution is -2.44. The van der Waals surface area contributed by atoms with Gasteiger partial charge in [-0.25, -0.2) is 9.78 Å². The van der Waals surface area contributed by atoms with Gasteiger partial charge in [-0.2, -0.15) is 0 Å². The van der Waals surface area contributed by atoms with Gasteiger partial charge >= 0.3 is 6.03 Å². The fourth-order valence-corrected chi connectivity index (χ4v) is 3.09. The van der Waals surface area contributed by atoms with Crippen molar-refractivity contribution in [1.82, 2.24) is 19.8 Å². The van der Waals surface area contributed by atoms with Gasteiger partial charge in [-0.05, 0) is 37.8 Å². The summed E-state index contributed by atoms with van der Waals surface area (Å²) in [7, 11) is 0. The minimum Gasteiger partial charge on any atom is -0.331 e. The van der Waals surface area contributed by atoms with Crippen LogP contribution in [0.4, 0.5) is 4.79 Å². The van der Waals surface area contributed by atoms with Gasteiger partial charge < -0.3 is 14.8 Å². The number of carbonyl (C=O) groups excluding carboxylic acids is 1. The summed E-state index contributed by atoms with van der Waals surface area (Å²) >= 11 is 0. The average Bonchev–Trinajstić information content (AvgIpc) is 2.90. The second kappa shape index (κ2) is 6.38. The molecule has 2 heterocycles. The first-order valence-electron chi connectivity index (χ1n) is 8.16. The molecule has 1 aromatic carbocycles. The van der Waals surface area contributed by atoms with Crippen molar-refractivity contribution in [1.29, 1.82) is 0 Å². The van der Waals surface area contributed by atoms with E-state index in [2.05, 4.69) is 34.8 Å². The van der Waals surface area contributed by atoms with Crippen molar-refractivity contribution in [3.63, 3.8) is 0 Å². The summed E-state index contributed by atoms with van der Waals surface area (Å²) in [5.41, 5.74) is 2.11. The molecule has 0 spiro atoms. The maximum Gasteiger partial charge on any atom is 0.317 e. The fourth-order valence-electron chi connectivity index (χ4n) is 3.09. The third-order valence-corrected chi connectivity index (χ3v) is 4.52. The number of aromatic nitrogens is 2. The largest absolute Gasteiger partial charge is 0.331 e. The van der Waals surface area contributed by atoms with Crippen molar-refractivity contribution in [2.75, 3.05) is 13.1 Å². The van der Waals surface area contributed by atoms with E-state index < -0.39 is 0 Å². The molecule has 118 valence electrons. The van der Waals surface area contributed by atoms with E-state index in [4.69, 9.17) is 0 Å². The van der Waals surface area contributed by atoms with E-state index >= 15 is 0 Å². The zero-order valence-corrected chi connectivity index (χ0v) is 13.4. The van der Waals surface area contributed by atoms with Gasteiger partial charge in [-0.15, -0.1) is 0 Å². The number of nitrogens with one attached hydrogen (secondary N) is 1. The van der Waals surface area contributed by atoms with Gasteiger partial charge in [0.25, 0.3) is 0 Å². The van der Waals surface area contributed by atoms with Gasteiger partial charge in [-0.1, -0.05) is 19.1 Å². The highest BCUT2D eigenvalue weighted by molar-refractivity contribution is 5.76. The lowest BCUT2D eigenvalue weighted by atomic mass is 10.00. The number of piperidine rings is 1. The average molecular weight is 300 g/mol. The summed E-state index contributed by atoms with van der Waals surface area (Å²) in [6.07, 6.45) is 2.20. The number of nitrogens with zero attached hydrogens (tertiary/aromatic N) is 3. The number of rotatable bonds is 3. The molecule has 0 unspecified atom stereocenters. The van der Waals surface area contributed by atoms with Crippen molar-refractivity contribution in [2.45, 2.75) is 39.8 Å². The SMILES string of the molecule is CCn1c(CNC(=O)N2CCC(C)CC2)nc2ccccc21. The number of para-hydroxylation sites is 2. The van der Waals surface area contributed by atoms with Gasteiger partial charge in [0, 0.05) is 19.6 Å². The third kappa shape index (κ3) is 2.93. The predicted molar refractivity (Wildman–Crippen MR) is 87.6 cm³/mol. The standard InChI is InChI=1S/C17H24N4O/c1-3-21-15-7-5-4-6-14(15)19-16(21)12-18-17(22)20-10-8-13(2)9-11-20/h4-7,13H,3,8-12H2,1-2H3,(H,18,22). The topological polar surface area (TPSA) is 50.2 Å². The van der Waals surface area contributed by atoms with Crippen LogP contribution in [-0.2, 0) is 13.1 Å². The molecule has 1 saturated heterocycles. The van der Waals surface area contributed by atoms with Crippen LogP contribution in [-0.4, -0.2) is 33.6 Å². The van der Waals surface area contributed by atoms with E-state index in [1.54, 1.807) is 0 Å². The monoisotopic (exact) mass is 300 g/mol. The van der Waals surface area contributed by atoms with Crippen LogP contribution >= 0.6 is 0 Å². The van der Waals surface area contributed by atoms with E-state index in [1.165, 1.54) is 0 Å². The van der Waals surface area contributed by atoms with Crippen LogP contribution in [0.2, 0.25) is 0 Å². The van der Waals surface area contributed by atoms with Crippen LogP contribution in [0.15, 0.2) is 24.3 Å². The molecule has 1 aromatic heterocycles. The van der Waals surface area contributed by atoms with Gasteiger partial charge in [0.05, 0.1) is 17.6 Å². The lowest BCUT2D eigenvalue weighted by Gasteiger charge is -2.30. The van der Waals surface area contributed by atoms with Crippen LogP contribution in [0.5, 0.6) is 0 Å². The fraction of sp³-hybridized carbons (Fsp3) is 0.529. The second-order valence-corrected chi connectivity index (χ2v) is 6.09. The highest BCUT2D eigenvalue weighted by atomic mass is 16.2. The molecule has 1 N–H and O–H groups in total. The first-order valence-corrected chi connectivity index (χ1v) is 8.16. The van der Waals surface area contributed by atoms with E-state index in [0.717, 1.165) is 55.3 Å². The van der Waals surface area contributed by atoms with Crippen molar-refractivity contribution in [3.05, 3.63) is 30.1 Å². The number of urea groups is 1. The molecule has 1 aliphatic heterocycles. The summed E-state index contributed by atoms with van der Waals surface area (Å²) in [6, 6.07) is 8.13. The Balaban J connectivity index is 1.67. The molecular formula is C17H24N4O. The quantitative estimate of drug-likeness (QED) is 0.947. The first-order chi connectivity index (χ1) is 10.7. The van der Waals surface area contributed by atoms with E-state index in [9.17, 15) is 4.79 Å². The van der Waals surface area contributed by atoms with Crippen LogP contribution in [0.25, 0.3) is 11.0 Å². The molecule has 0 bridgehead atoms. The molecule has 1 fully saturated rings. The number of hydrogen-bond acceptors (Lipinski definition) is 2. The summed E-state index contributed by atoms with van der Waals surface area (Å²) in [4.78, 5) is 18.8. The Morgan fingerprint density at radius 2 is 2.05 bits per heavy atom. The minimum atomic E-state index is 0.0293. The van der Waals surface area contributed by atoms with E-state index in [-0.39, 0.29) is 6.03 Å². The number of likely N-dealkylation sites (tertiary alicyclic amines) is 1. The first kappa shape index (κ1) is 14.9. The van der Waals surface area contributed by atoms with Crippen LogP contribution in [0.1, 0.15) is 32.5 Å². The van der Waals surface area contributed by atoms with Crippen LogP contribution in [0.3, 0.4) is 0 Å². The number of benzene rings is 1. The molecule has 2 aromatic rings. The van der Waals surface area contributed by atoms with Gasteiger partial charge in [0.2, 0.25) is 0 Å². The maximum atomic E-state index is 12.3. The zero-order valence-electron chi connectivity index (χ0n) is 13.4. The highest BCUT2D eigenvalue weighted by Crippen LogP contribution is 2.17. The van der Waals surface area contributed by atoms with E-state index in [1.807, 2.05) is 23.1 Å². The molecular weight excluding hydrogens is 276 g/mol. The van der Waals surface area contributed by atoms with Crippen molar-refractivity contribution in [2.24, 2.45) is 5.92 Å². The molecule has 2 amide bonds. The Hall–Kier alpha value is -2.04. The van der Waals surface area contributed by atoms with E-state index in [0.29, 0.717) is 6.54 Å². The lowest BCUT2D eigenvalue weighted by molar-refractivity contribution is 0.173. The number of fused-ring (bicyclic) bond motifs is 1. The predicted octanol–water partition coefficient (Wildman–Crippen LogP) is 3.00. The normalized spacial score (nSPS) is 16.2. The van der Waals surface area contributed by atoms with Gasteiger partial charge in [0.15, 0.2) is 0 Å². The Labute approximate surface area is 131 Å². The Morgan fingerprint density at radius 3 is 2.77 bits per heavy atom. The number of amides is 2. The molecule has 0 saturated carbocycles. The molecule has 5 heteroatoms. The summed E-state index contributed by atoms with van der Waals surface area (Å²) in [5.74, 6) is 1.65. The molecule has 0 aliphatic carbocycles. The molecule has 0 atom stereocenters. The Bertz CT molecular complexity index is 656. The molecule has 3 rings (SSSR count). The maximum absolute atomic E-state index is 12.3. The minimum absolute atomic E-state index is 0.0293. The second-order valence-electron chi connectivity index (χ2n) is 6.09. The molecule has 1 aliphatic rings. The molecule has 0 radical (unpaired) electrons.